The SMILES string of the molecule is Cl.ClCCN1CCN(c2ccnc3cc(Cl)ccc23)CC1. The fraction of sp³-hybridized carbons (Fsp3) is 0.400. The molecule has 0 aliphatic carbocycles. The first-order valence-corrected chi connectivity index (χ1v) is 7.77. The number of rotatable bonds is 3. The zero-order chi connectivity index (χ0) is 13.9. The number of alkyl halides is 1. The molecule has 1 saturated heterocycles. The Morgan fingerprint density at radius 1 is 1.10 bits per heavy atom. The Labute approximate surface area is 141 Å². The van der Waals surface area contributed by atoms with Crippen molar-refractivity contribution in [2.45, 2.75) is 0 Å². The van der Waals surface area contributed by atoms with Crippen LogP contribution in [0, 0.1) is 0 Å². The third-order valence-electron chi connectivity index (χ3n) is 3.80. The van der Waals surface area contributed by atoms with Gasteiger partial charge in [0, 0.05) is 60.9 Å². The summed E-state index contributed by atoms with van der Waals surface area (Å²) in [6, 6.07) is 8.00. The lowest BCUT2D eigenvalue weighted by Gasteiger charge is -2.36. The van der Waals surface area contributed by atoms with Crippen molar-refractivity contribution in [2.24, 2.45) is 0 Å². The summed E-state index contributed by atoms with van der Waals surface area (Å²) in [4.78, 5) is 9.23. The Kier molecular flexibility index (Phi) is 5.94. The first kappa shape index (κ1) is 16.6. The maximum absolute atomic E-state index is 6.04. The molecule has 0 bridgehead atoms. The molecule has 0 unspecified atom stereocenters. The average Bonchev–Trinajstić information content (AvgIpc) is 2.47. The fourth-order valence-corrected chi connectivity index (χ4v) is 3.12. The molecule has 0 spiro atoms. The predicted octanol–water partition coefficient (Wildman–Crippen LogP) is 3.67. The molecule has 1 aliphatic heterocycles. The standard InChI is InChI=1S/C15H17Cl2N3.ClH/c16-4-6-19-7-9-20(10-8-19)15-3-5-18-14-11-12(17)1-2-13(14)15;/h1-3,5,11H,4,6-10H2;1H. The van der Waals surface area contributed by atoms with E-state index in [0.29, 0.717) is 5.88 Å². The van der Waals surface area contributed by atoms with E-state index in [1.165, 1.54) is 11.1 Å². The van der Waals surface area contributed by atoms with E-state index in [9.17, 15) is 0 Å². The minimum absolute atomic E-state index is 0. The smallest absolute Gasteiger partial charge is 0.0737 e. The van der Waals surface area contributed by atoms with Gasteiger partial charge in [0.1, 0.15) is 0 Å². The van der Waals surface area contributed by atoms with E-state index in [2.05, 4.69) is 26.9 Å². The van der Waals surface area contributed by atoms with Crippen molar-refractivity contribution in [1.29, 1.82) is 0 Å². The van der Waals surface area contributed by atoms with Gasteiger partial charge in [-0.05, 0) is 24.3 Å². The van der Waals surface area contributed by atoms with E-state index in [-0.39, 0.29) is 12.4 Å². The Balaban J connectivity index is 0.00000161. The van der Waals surface area contributed by atoms with E-state index in [4.69, 9.17) is 23.2 Å². The number of piperazine rings is 1. The van der Waals surface area contributed by atoms with Gasteiger partial charge in [-0.25, -0.2) is 0 Å². The summed E-state index contributed by atoms with van der Waals surface area (Å²) in [6.07, 6.45) is 1.86. The van der Waals surface area contributed by atoms with Crippen molar-refractivity contribution in [2.75, 3.05) is 43.5 Å². The topological polar surface area (TPSA) is 19.4 Å². The van der Waals surface area contributed by atoms with Gasteiger partial charge >= 0.3 is 0 Å². The molecule has 1 aromatic carbocycles. The van der Waals surface area contributed by atoms with Gasteiger partial charge in [0.05, 0.1) is 5.52 Å². The number of fused-ring (bicyclic) bond motifs is 1. The van der Waals surface area contributed by atoms with Crippen LogP contribution in [0.1, 0.15) is 0 Å². The van der Waals surface area contributed by atoms with Crippen LogP contribution in [0.25, 0.3) is 10.9 Å². The molecule has 2 heterocycles. The number of halogens is 3. The maximum Gasteiger partial charge on any atom is 0.0737 e. The highest BCUT2D eigenvalue weighted by Crippen LogP contribution is 2.28. The summed E-state index contributed by atoms with van der Waals surface area (Å²) in [5, 5.41) is 1.90. The Morgan fingerprint density at radius 3 is 2.57 bits per heavy atom. The third kappa shape index (κ3) is 3.72. The molecule has 6 heteroatoms. The monoisotopic (exact) mass is 345 g/mol. The molecule has 0 atom stereocenters. The van der Waals surface area contributed by atoms with Gasteiger partial charge in [0.15, 0.2) is 0 Å². The zero-order valence-electron chi connectivity index (χ0n) is 11.6. The lowest BCUT2D eigenvalue weighted by atomic mass is 10.1. The number of nitrogens with zero attached hydrogens (tertiary/aromatic N) is 3. The third-order valence-corrected chi connectivity index (χ3v) is 4.20. The predicted molar refractivity (Wildman–Crippen MR) is 93.4 cm³/mol. The molecule has 3 rings (SSSR count). The van der Waals surface area contributed by atoms with Crippen LogP contribution >= 0.6 is 35.6 Å². The van der Waals surface area contributed by atoms with Crippen LogP contribution in [-0.2, 0) is 0 Å². The van der Waals surface area contributed by atoms with Crippen molar-refractivity contribution in [3.63, 3.8) is 0 Å². The molecular weight excluding hydrogens is 329 g/mol. The maximum atomic E-state index is 6.04. The van der Waals surface area contributed by atoms with Crippen LogP contribution in [0.4, 0.5) is 5.69 Å². The minimum atomic E-state index is 0. The van der Waals surface area contributed by atoms with E-state index >= 15 is 0 Å². The zero-order valence-corrected chi connectivity index (χ0v) is 14.0. The molecule has 0 saturated carbocycles. The summed E-state index contributed by atoms with van der Waals surface area (Å²) in [7, 11) is 0. The summed E-state index contributed by atoms with van der Waals surface area (Å²) in [6.45, 7) is 5.15. The molecule has 1 aliphatic rings. The molecule has 0 N–H and O–H groups in total. The van der Waals surface area contributed by atoms with Crippen LogP contribution in [0.15, 0.2) is 30.5 Å². The highest BCUT2D eigenvalue weighted by atomic mass is 35.5. The van der Waals surface area contributed by atoms with Crippen LogP contribution in [-0.4, -0.2) is 48.5 Å². The highest BCUT2D eigenvalue weighted by Gasteiger charge is 2.18. The first-order valence-electron chi connectivity index (χ1n) is 6.85. The largest absolute Gasteiger partial charge is 0.368 e. The van der Waals surface area contributed by atoms with Gasteiger partial charge in [0.25, 0.3) is 0 Å². The van der Waals surface area contributed by atoms with Gasteiger partial charge in [-0.3, -0.25) is 9.88 Å². The molecule has 0 amide bonds. The van der Waals surface area contributed by atoms with Crippen LogP contribution in [0.5, 0.6) is 0 Å². The van der Waals surface area contributed by atoms with Crippen molar-refractivity contribution in [3.8, 4) is 0 Å². The summed E-state index contributed by atoms with van der Waals surface area (Å²) in [5.74, 6) is 0.705. The van der Waals surface area contributed by atoms with E-state index in [1.54, 1.807) is 0 Å². The lowest BCUT2D eigenvalue weighted by molar-refractivity contribution is 0.273. The highest BCUT2D eigenvalue weighted by molar-refractivity contribution is 6.31. The second kappa shape index (κ2) is 7.50. The molecule has 3 nitrogen and oxygen atoms in total. The van der Waals surface area contributed by atoms with Gasteiger partial charge in [-0.1, -0.05) is 11.6 Å². The van der Waals surface area contributed by atoms with Crippen LogP contribution in [0.3, 0.4) is 0 Å². The minimum Gasteiger partial charge on any atom is -0.368 e. The molecular formula is C15H18Cl3N3. The summed E-state index contributed by atoms with van der Waals surface area (Å²) >= 11 is 11.8. The second-order valence-corrected chi connectivity index (χ2v) is 5.82. The van der Waals surface area contributed by atoms with Crippen molar-refractivity contribution >= 4 is 52.2 Å². The van der Waals surface area contributed by atoms with Gasteiger partial charge < -0.3 is 4.90 Å². The molecule has 114 valence electrons. The van der Waals surface area contributed by atoms with Gasteiger partial charge in [-0.2, -0.15) is 0 Å². The number of aromatic nitrogens is 1. The Morgan fingerprint density at radius 2 is 1.86 bits per heavy atom. The van der Waals surface area contributed by atoms with Gasteiger partial charge in [0.2, 0.25) is 0 Å². The summed E-state index contributed by atoms with van der Waals surface area (Å²) < 4.78 is 0. The Bertz CT molecular complexity index is 598. The number of hydrogen-bond donors (Lipinski definition) is 0. The van der Waals surface area contributed by atoms with Crippen LogP contribution in [0.2, 0.25) is 5.02 Å². The number of pyridine rings is 1. The number of anilines is 1. The van der Waals surface area contributed by atoms with Crippen LogP contribution < -0.4 is 4.90 Å². The fourth-order valence-electron chi connectivity index (χ4n) is 2.71. The first-order chi connectivity index (χ1) is 9.78. The van der Waals surface area contributed by atoms with Crippen molar-refractivity contribution in [3.05, 3.63) is 35.5 Å². The van der Waals surface area contributed by atoms with E-state index in [0.717, 1.165) is 43.3 Å². The Hall–Kier alpha value is -0.740. The van der Waals surface area contributed by atoms with E-state index in [1.807, 2.05) is 18.3 Å². The average molecular weight is 347 g/mol. The van der Waals surface area contributed by atoms with Crippen molar-refractivity contribution < 1.29 is 0 Å². The molecule has 1 aromatic heterocycles. The number of benzene rings is 1. The van der Waals surface area contributed by atoms with E-state index < -0.39 is 0 Å². The van der Waals surface area contributed by atoms with Gasteiger partial charge in [-0.15, -0.1) is 24.0 Å². The number of hydrogen-bond acceptors (Lipinski definition) is 3. The molecule has 21 heavy (non-hydrogen) atoms. The lowest BCUT2D eigenvalue weighted by Crippen LogP contribution is -2.47. The molecule has 0 radical (unpaired) electrons. The quantitative estimate of drug-likeness (QED) is 0.791. The van der Waals surface area contributed by atoms with Crippen molar-refractivity contribution in [1.82, 2.24) is 9.88 Å². The second-order valence-electron chi connectivity index (χ2n) is 5.01. The summed E-state index contributed by atoms with van der Waals surface area (Å²) in [5.41, 5.74) is 2.20. The molecule has 2 aromatic rings. The normalized spacial score (nSPS) is 16.0. The molecule has 1 fully saturated rings.